The second-order valence-corrected chi connectivity index (χ2v) is 4.25. The van der Waals surface area contributed by atoms with Crippen molar-refractivity contribution < 1.29 is 19.4 Å². The third-order valence-electron chi connectivity index (χ3n) is 3.00. The van der Waals surface area contributed by atoms with E-state index in [1.165, 1.54) is 0 Å². The lowest BCUT2D eigenvalue weighted by Gasteiger charge is -2.12. The maximum Gasteiger partial charge on any atom is 0.326 e. The summed E-state index contributed by atoms with van der Waals surface area (Å²) >= 11 is 0. The molecule has 1 unspecified atom stereocenters. The Hall–Kier alpha value is -1.88. The molecule has 0 spiro atoms. The first-order valence-electron chi connectivity index (χ1n) is 5.85. The van der Waals surface area contributed by atoms with Gasteiger partial charge >= 0.3 is 5.97 Å². The van der Waals surface area contributed by atoms with Crippen LogP contribution in [-0.4, -0.2) is 23.0 Å². The Bertz CT molecular complexity index is 484. The monoisotopic (exact) mass is 249 g/mol. The normalized spacial score (nSPS) is 14.9. The predicted octanol–water partition coefficient (Wildman–Crippen LogP) is 1.31. The molecular weight excluding hydrogens is 234 g/mol. The van der Waals surface area contributed by atoms with Crippen LogP contribution in [0.2, 0.25) is 0 Å². The zero-order valence-corrected chi connectivity index (χ0v) is 10.1. The van der Waals surface area contributed by atoms with Crippen LogP contribution in [0.5, 0.6) is 0 Å². The van der Waals surface area contributed by atoms with Gasteiger partial charge in [-0.3, -0.25) is 4.79 Å². The van der Waals surface area contributed by atoms with Crippen molar-refractivity contribution in [3.8, 4) is 0 Å². The quantitative estimate of drug-likeness (QED) is 0.843. The number of hydrogen-bond acceptors (Lipinski definition) is 3. The molecule has 1 atom stereocenters. The van der Waals surface area contributed by atoms with Crippen molar-refractivity contribution in [3.05, 3.63) is 34.9 Å². The molecule has 0 radical (unpaired) electrons. The Morgan fingerprint density at radius 1 is 1.39 bits per heavy atom. The van der Waals surface area contributed by atoms with Crippen LogP contribution in [0.15, 0.2) is 18.2 Å². The number of carbonyl (C=O) groups excluding carboxylic acids is 1. The minimum atomic E-state index is -1.02. The highest BCUT2D eigenvalue weighted by Crippen LogP contribution is 2.20. The van der Waals surface area contributed by atoms with Crippen molar-refractivity contribution >= 4 is 11.9 Å². The van der Waals surface area contributed by atoms with Crippen molar-refractivity contribution in [3.63, 3.8) is 0 Å². The summed E-state index contributed by atoms with van der Waals surface area (Å²) < 4.78 is 5.26. The number of nitrogens with one attached hydrogen (secondary N) is 1. The van der Waals surface area contributed by atoms with Crippen LogP contribution in [0.1, 0.15) is 34.8 Å². The van der Waals surface area contributed by atoms with E-state index < -0.39 is 12.0 Å². The minimum Gasteiger partial charge on any atom is -0.480 e. The molecule has 5 nitrogen and oxygen atoms in total. The molecule has 1 aromatic carbocycles. The van der Waals surface area contributed by atoms with Gasteiger partial charge in [0.15, 0.2) is 0 Å². The number of amides is 1. The molecule has 1 aliphatic heterocycles. The van der Waals surface area contributed by atoms with Gasteiger partial charge in [0, 0.05) is 5.56 Å². The molecule has 96 valence electrons. The largest absolute Gasteiger partial charge is 0.480 e. The van der Waals surface area contributed by atoms with E-state index in [-0.39, 0.29) is 5.91 Å². The number of hydrogen-bond donors (Lipinski definition) is 2. The fourth-order valence-electron chi connectivity index (χ4n) is 1.89. The number of fused-ring (bicyclic) bond motifs is 1. The first kappa shape index (κ1) is 12.6. The van der Waals surface area contributed by atoms with Gasteiger partial charge in [-0.25, -0.2) is 4.79 Å². The fourth-order valence-corrected chi connectivity index (χ4v) is 1.89. The molecule has 2 rings (SSSR count). The number of rotatable bonds is 4. The molecule has 18 heavy (non-hydrogen) atoms. The minimum absolute atomic E-state index is 0.356. The van der Waals surface area contributed by atoms with Crippen LogP contribution in [0.3, 0.4) is 0 Å². The summed E-state index contributed by atoms with van der Waals surface area (Å²) in [6.07, 6.45) is 0.356. The van der Waals surface area contributed by atoms with Crippen LogP contribution in [0.4, 0.5) is 0 Å². The Morgan fingerprint density at radius 2 is 2.11 bits per heavy atom. The highest BCUT2D eigenvalue weighted by molar-refractivity contribution is 5.96. The fraction of sp³-hybridized carbons (Fsp3) is 0.385. The Morgan fingerprint density at radius 3 is 2.78 bits per heavy atom. The first-order valence-corrected chi connectivity index (χ1v) is 5.85. The number of ether oxygens (including phenoxy) is 1. The highest BCUT2D eigenvalue weighted by atomic mass is 16.5. The second-order valence-electron chi connectivity index (χ2n) is 4.25. The average Bonchev–Trinajstić information content (AvgIpc) is 2.82. The third kappa shape index (κ3) is 2.51. The van der Waals surface area contributed by atoms with Crippen molar-refractivity contribution in [1.29, 1.82) is 0 Å². The summed E-state index contributed by atoms with van der Waals surface area (Å²) in [5.41, 5.74) is 2.54. The summed E-state index contributed by atoms with van der Waals surface area (Å²) in [7, 11) is 0. The molecule has 0 bridgehead atoms. The second kappa shape index (κ2) is 5.18. The molecule has 0 aliphatic carbocycles. The number of carboxylic acid groups (broad SMARTS) is 1. The maximum atomic E-state index is 11.9. The van der Waals surface area contributed by atoms with Gasteiger partial charge in [-0.15, -0.1) is 0 Å². The molecular formula is C13H15NO4. The Balaban J connectivity index is 2.12. The topological polar surface area (TPSA) is 75.6 Å². The van der Waals surface area contributed by atoms with Crippen molar-refractivity contribution in [1.82, 2.24) is 5.32 Å². The van der Waals surface area contributed by atoms with E-state index in [2.05, 4.69) is 5.32 Å². The van der Waals surface area contributed by atoms with E-state index in [1.807, 2.05) is 6.07 Å². The zero-order chi connectivity index (χ0) is 13.1. The standard InChI is InChI=1S/C13H15NO4/c1-2-11(13(16)17)14-12(15)8-3-4-9-6-18-7-10(9)5-8/h3-5,11H,2,6-7H2,1H3,(H,14,15)(H,16,17). The van der Waals surface area contributed by atoms with Gasteiger partial charge < -0.3 is 15.2 Å². The van der Waals surface area contributed by atoms with E-state index in [0.29, 0.717) is 25.2 Å². The van der Waals surface area contributed by atoms with Crippen LogP contribution in [-0.2, 0) is 22.7 Å². The SMILES string of the molecule is CCC(NC(=O)c1ccc2c(c1)COC2)C(=O)O. The molecule has 0 aromatic heterocycles. The average molecular weight is 249 g/mol. The number of aliphatic carboxylic acids is 1. The molecule has 0 saturated heterocycles. The summed E-state index contributed by atoms with van der Waals surface area (Å²) in [6, 6.07) is 4.45. The summed E-state index contributed by atoms with van der Waals surface area (Å²) in [5, 5.41) is 11.4. The van der Waals surface area contributed by atoms with Gasteiger partial charge in [0.05, 0.1) is 13.2 Å². The smallest absolute Gasteiger partial charge is 0.326 e. The van der Waals surface area contributed by atoms with Crippen LogP contribution in [0.25, 0.3) is 0 Å². The van der Waals surface area contributed by atoms with Crippen molar-refractivity contribution in [2.24, 2.45) is 0 Å². The lowest BCUT2D eigenvalue weighted by molar-refractivity contribution is -0.139. The van der Waals surface area contributed by atoms with Gasteiger partial charge in [0.2, 0.25) is 0 Å². The Kier molecular flexibility index (Phi) is 3.62. The van der Waals surface area contributed by atoms with E-state index in [4.69, 9.17) is 9.84 Å². The van der Waals surface area contributed by atoms with E-state index in [1.54, 1.807) is 19.1 Å². The first-order chi connectivity index (χ1) is 8.61. The molecule has 0 saturated carbocycles. The number of benzene rings is 1. The van der Waals surface area contributed by atoms with Gasteiger partial charge in [-0.2, -0.15) is 0 Å². The number of carboxylic acids is 1. The lowest BCUT2D eigenvalue weighted by Crippen LogP contribution is -2.40. The molecule has 1 heterocycles. The molecule has 5 heteroatoms. The molecule has 2 N–H and O–H groups in total. The van der Waals surface area contributed by atoms with Gasteiger partial charge in [-0.1, -0.05) is 13.0 Å². The molecule has 1 aliphatic rings. The van der Waals surface area contributed by atoms with Crippen molar-refractivity contribution in [2.75, 3.05) is 0 Å². The summed E-state index contributed by atoms with van der Waals surface area (Å²) in [4.78, 5) is 22.8. The van der Waals surface area contributed by atoms with Crippen LogP contribution in [0, 0.1) is 0 Å². The van der Waals surface area contributed by atoms with E-state index >= 15 is 0 Å². The zero-order valence-electron chi connectivity index (χ0n) is 10.1. The molecule has 1 amide bonds. The maximum absolute atomic E-state index is 11.9. The molecule has 0 fully saturated rings. The van der Waals surface area contributed by atoms with Gasteiger partial charge in [0.25, 0.3) is 5.91 Å². The lowest BCUT2D eigenvalue weighted by atomic mass is 10.1. The molecule has 1 aromatic rings. The number of carbonyl (C=O) groups is 2. The predicted molar refractivity (Wildman–Crippen MR) is 64.1 cm³/mol. The van der Waals surface area contributed by atoms with E-state index in [0.717, 1.165) is 11.1 Å². The van der Waals surface area contributed by atoms with Crippen LogP contribution < -0.4 is 5.32 Å². The highest BCUT2D eigenvalue weighted by Gasteiger charge is 2.20. The van der Waals surface area contributed by atoms with Crippen LogP contribution >= 0.6 is 0 Å². The van der Waals surface area contributed by atoms with Gasteiger partial charge in [0.1, 0.15) is 6.04 Å². The van der Waals surface area contributed by atoms with Gasteiger partial charge in [-0.05, 0) is 29.7 Å². The third-order valence-corrected chi connectivity index (χ3v) is 3.00. The van der Waals surface area contributed by atoms with E-state index in [9.17, 15) is 9.59 Å². The Labute approximate surface area is 105 Å². The van der Waals surface area contributed by atoms with Crippen molar-refractivity contribution in [2.45, 2.75) is 32.6 Å². The summed E-state index contributed by atoms with van der Waals surface area (Å²) in [6.45, 7) is 2.80. The summed E-state index contributed by atoms with van der Waals surface area (Å²) in [5.74, 6) is -1.38.